The van der Waals surface area contributed by atoms with E-state index in [-0.39, 0.29) is 22.6 Å². The van der Waals surface area contributed by atoms with E-state index in [2.05, 4.69) is 0 Å². The minimum absolute atomic E-state index is 0.0118. The largest absolute Gasteiger partial charge is 0.507 e. The van der Waals surface area contributed by atoms with Crippen molar-refractivity contribution in [2.24, 2.45) is 0 Å². The zero-order chi connectivity index (χ0) is 25.5. The van der Waals surface area contributed by atoms with Gasteiger partial charge in [0.25, 0.3) is 0 Å². The summed E-state index contributed by atoms with van der Waals surface area (Å²) in [7, 11) is 0. The molecule has 0 atom stereocenters. The van der Waals surface area contributed by atoms with Crippen molar-refractivity contribution in [2.45, 2.75) is 59.0 Å². The number of carbonyl (C=O) groups is 2. The Morgan fingerprint density at radius 2 is 1.29 bits per heavy atom. The number of esters is 1. The second kappa shape index (κ2) is 9.10. The van der Waals surface area contributed by atoms with Crippen LogP contribution in [0.1, 0.15) is 87.4 Å². The molecule has 0 amide bonds. The molecule has 3 aromatic carbocycles. The van der Waals surface area contributed by atoms with Crippen LogP contribution in [0.4, 0.5) is 0 Å². The molecule has 182 valence electrons. The Kier molecular flexibility index (Phi) is 6.32. The molecule has 1 aliphatic heterocycles. The summed E-state index contributed by atoms with van der Waals surface area (Å²) in [6, 6.07) is 12.0. The lowest BCUT2D eigenvalue weighted by atomic mass is 9.74. The van der Waals surface area contributed by atoms with E-state index >= 15 is 0 Å². The van der Waals surface area contributed by atoms with Gasteiger partial charge >= 0.3 is 11.9 Å². The van der Waals surface area contributed by atoms with Crippen LogP contribution in [0.2, 0.25) is 0 Å². The zero-order valence-corrected chi connectivity index (χ0v) is 20.4. The summed E-state index contributed by atoms with van der Waals surface area (Å²) < 4.78 is 6.20. The smallest absolute Gasteiger partial charge is 0.341 e. The standard InChI is InChI=1S/C29H30O6/c1-5-16-12-14-21(18(7-3)25(16)30)29(22-15-13-17(6-2)26(31)19(22)8-4)23-11-9-10-20(27(32)33)24(23)28(34)35-29/h9-15,30-31H,5-8H2,1-4H3,(H,32,33). The number of hydrogen-bond acceptors (Lipinski definition) is 5. The van der Waals surface area contributed by atoms with E-state index in [1.165, 1.54) is 6.07 Å². The Morgan fingerprint density at radius 1 is 0.771 bits per heavy atom. The Balaban J connectivity index is 2.21. The molecule has 0 aromatic heterocycles. The van der Waals surface area contributed by atoms with Crippen LogP contribution in [0, 0.1) is 0 Å². The number of hydrogen-bond donors (Lipinski definition) is 3. The van der Waals surface area contributed by atoms with Crippen molar-refractivity contribution in [3.05, 3.63) is 92.5 Å². The van der Waals surface area contributed by atoms with Crippen LogP contribution in [0.25, 0.3) is 0 Å². The first-order chi connectivity index (χ1) is 16.8. The number of aromatic carboxylic acids is 1. The molecule has 0 unspecified atom stereocenters. The number of cyclic esters (lactones) is 1. The number of aryl methyl sites for hydroxylation is 2. The number of carboxylic acids is 1. The van der Waals surface area contributed by atoms with Gasteiger partial charge in [0, 0.05) is 27.8 Å². The third kappa shape index (κ3) is 3.47. The Bertz CT molecular complexity index is 1280. The second-order valence-electron chi connectivity index (χ2n) is 8.72. The molecule has 3 aromatic rings. The first-order valence-corrected chi connectivity index (χ1v) is 12.0. The van der Waals surface area contributed by atoms with Gasteiger partial charge < -0.3 is 20.1 Å². The van der Waals surface area contributed by atoms with Crippen LogP contribution in [0.15, 0.2) is 42.5 Å². The van der Waals surface area contributed by atoms with Crippen LogP contribution in [0.3, 0.4) is 0 Å². The van der Waals surface area contributed by atoms with Crippen LogP contribution < -0.4 is 0 Å². The lowest BCUT2D eigenvalue weighted by molar-refractivity contribution is 0.0242. The minimum atomic E-state index is -1.53. The maximum atomic E-state index is 13.4. The van der Waals surface area contributed by atoms with Crippen molar-refractivity contribution >= 4 is 11.9 Å². The number of carboxylic acid groups (broad SMARTS) is 1. The number of benzene rings is 3. The molecule has 6 nitrogen and oxygen atoms in total. The van der Waals surface area contributed by atoms with Gasteiger partial charge in [0.2, 0.25) is 0 Å². The van der Waals surface area contributed by atoms with Crippen LogP contribution in [-0.4, -0.2) is 27.3 Å². The van der Waals surface area contributed by atoms with Gasteiger partial charge in [-0.3, -0.25) is 0 Å². The predicted molar refractivity (Wildman–Crippen MR) is 132 cm³/mol. The number of phenols is 2. The number of ether oxygens (including phenoxy) is 1. The molecule has 0 fully saturated rings. The first kappa shape index (κ1) is 24.3. The molecule has 1 aliphatic rings. The topological polar surface area (TPSA) is 104 Å². The van der Waals surface area contributed by atoms with E-state index in [0.717, 1.165) is 11.1 Å². The van der Waals surface area contributed by atoms with E-state index < -0.39 is 17.5 Å². The normalized spacial score (nSPS) is 14.0. The second-order valence-corrected chi connectivity index (χ2v) is 8.72. The molecule has 0 aliphatic carbocycles. The van der Waals surface area contributed by atoms with Crippen molar-refractivity contribution in [3.63, 3.8) is 0 Å². The van der Waals surface area contributed by atoms with Gasteiger partial charge in [-0.2, -0.15) is 0 Å². The quantitative estimate of drug-likeness (QED) is 0.390. The van der Waals surface area contributed by atoms with Gasteiger partial charge in [0.15, 0.2) is 5.60 Å². The SMILES string of the molecule is CCc1ccc(C2(c3ccc(CC)c(O)c3CC)OC(=O)c3c(C(=O)O)cccc32)c(CC)c1O. The van der Waals surface area contributed by atoms with Crippen molar-refractivity contribution in [3.8, 4) is 11.5 Å². The Hall–Kier alpha value is -3.80. The van der Waals surface area contributed by atoms with Crippen LogP contribution in [0.5, 0.6) is 11.5 Å². The molecular weight excluding hydrogens is 444 g/mol. The highest BCUT2D eigenvalue weighted by Gasteiger charge is 2.52. The van der Waals surface area contributed by atoms with Gasteiger partial charge in [-0.1, -0.05) is 64.1 Å². The highest BCUT2D eigenvalue weighted by Crippen LogP contribution is 2.52. The molecule has 0 bridgehead atoms. The van der Waals surface area contributed by atoms with E-state index in [9.17, 15) is 24.9 Å². The van der Waals surface area contributed by atoms with Crippen molar-refractivity contribution in [1.82, 2.24) is 0 Å². The number of carbonyl (C=O) groups excluding carboxylic acids is 1. The lowest BCUT2D eigenvalue weighted by Gasteiger charge is -2.34. The fraction of sp³-hybridized carbons (Fsp3) is 0.310. The highest BCUT2D eigenvalue weighted by atomic mass is 16.6. The summed E-state index contributed by atoms with van der Waals surface area (Å²) in [5.41, 5.74) is 2.59. The third-order valence-corrected chi connectivity index (χ3v) is 7.08. The molecule has 35 heavy (non-hydrogen) atoms. The molecule has 6 heteroatoms. The van der Waals surface area contributed by atoms with E-state index in [1.54, 1.807) is 12.1 Å². The average Bonchev–Trinajstić information content (AvgIpc) is 3.16. The van der Waals surface area contributed by atoms with Crippen molar-refractivity contribution < 1.29 is 29.6 Å². The molecule has 0 saturated heterocycles. The molecule has 0 radical (unpaired) electrons. The predicted octanol–water partition coefficient (Wildman–Crippen LogP) is 5.51. The maximum absolute atomic E-state index is 13.4. The maximum Gasteiger partial charge on any atom is 0.341 e. The summed E-state index contributed by atoms with van der Waals surface area (Å²) in [5, 5.41) is 32.1. The van der Waals surface area contributed by atoms with E-state index in [0.29, 0.717) is 53.5 Å². The van der Waals surface area contributed by atoms with Crippen molar-refractivity contribution in [1.29, 1.82) is 0 Å². The highest BCUT2D eigenvalue weighted by molar-refractivity contribution is 6.06. The monoisotopic (exact) mass is 474 g/mol. The number of aromatic hydroxyl groups is 2. The lowest BCUT2D eigenvalue weighted by Crippen LogP contribution is -2.32. The number of fused-ring (bicyclic) bond motifs is 1. The molecule has 3 N–H and O–H groups in total. The molecule has 0 spiro atoms. The van der Waals surface area contributed by atoms with Gasteiger partial charge in [-0.15, -0.1) is 0 Å². The van der Waals surface area contributed by atoms with Gasteiger partial charge in [-0.05, 0) is 42.9 Å². The summed E-state index contributed by atoms with van der Waals surface area (Å²) >= 11 is 0. The van der Waals surface area contributed by atoms with Gasteiger partial charge in [0.1, 0.15) is 11.5 Å². The Morgan fingerprint density at radius 3 is 1.71 bits per heavy atom. The van der Waals surface area contributed by atoms with Gasteiger partial charge in [0.05, 0.1) is 11.1 Å². The van der Waals surface area contributed by atoms with Crippen LogP contribution >= 0.6 is 0 Å². The minimum Gasteiger partial charge on any atom is -0.507 e. The van der Waals surface area contributed by atoms with E-state index in [4.69, 9.17) is 4.74 Å². The fourth-order valence-corrected chi connectivity index (χ4v) is 5.35. The summed E-state index contributed by atoms with van der Waals surface area (Å²) in [5.74, 6) is -1.70. The summed E-state index contributed by atoms with van der Waals surface area (Å²) in [6.45, 7) is 7.72. The van der Waals surface area contributed by atoms with Gasteiger partial charge in [-0.25, -0.2) is 9.59 Å². The molecule has 1 heterocycles. The summed E-state index contributed by atoms with van der Waals surface area (Å²) in [4.78, 5) is 25.4. The number of rotatable bonds is 7. The van der Waals surface area contributed by atoms with Crippen LogP contribution in [-0.2, 0) is 36.0 Å². The third-order valence-electron chi connectivity index (χ3n) is 7.08. The number of phenolic OH excluding ortho intramolecular Hbond substituents is 2. The molecule has 4 rings (SSSR count). The van der Waals surface area contributed by atoms with E-state index in [1.807, 2.05) is 52.0 Å². The molecule has 0 saturated carbocycles. The average molecular weight is 475 g/mol. The molecular formula is C29H30O6. The van der Waals surface area contributed by atoms with Crippen molar-refractivity contribution in [2.75, 3.05) is 0 Å². The summed E-state index contributed by atoms with van der Waals surface area (Å²) in [6.07, 6.45) is 2.17. The fourth-order valence-electron chi connectivity index (χ4n) is 5.35. The zero-order valence-electron chi connectivity index (χ0n) is 20.4. The first-order valence-electron chi connectivity index (χ1n) is 12.0. The Labute approximate surface area is 204 Å².